The number of alkyl halides is 3. The van der Waals surface area contributed by atoms with Crippen LogP contribution in [0.25, 0.3) is 33.5 Å². The number of rotatable bonds is 7. The lowest BCUT2D eigenvalue weighted by atomic mass is 10.2. The van der Waals surface area contributed by atoms with Gasteiger partial charge in [0.2, 0.25) is 15.8 Å². The summed E-state index contributed by atoms with van der Waals surface area (Å²) in [4.78, 5) is 18.6. The molecule has 5 aromatic rings. The first-order valence-corrected chi connectivity index (χ1v) is 14.4. The number of aromatic amines is 2. The van der Waals surface area contributed by atoms with Gasteiger partial charge in [-0.25, -0.2) is 23.5 Å². The summed E-state index contributed by atoms with van der Waals surface area (Å²) in [5.41, 5.74) is 3.86. The number of fused-ring (bicyclic) bond motifs is 2. The van der Waals surface area contributed by atoms with Gasteiger partial charge < -0.3 is 19.6 Å². The van der Waals surface area contributed by atoms with E-state index in [4.69, 9.17) is 14.9 Å². The Morgan fingerprint density at radius 3 is 2.24 bits per heavy atom. The molecule has 1 aliphatic heterocycles. The fourth-order valence-corrected chi connectivity index (χ4v) is 5.48. The molecule has 0 atom stereocenters. The summed E-state index contributed by atoms with van der Waals surface area (Å²) in [6, 6.07) is 17.0. The topological polar surface area (TPSA) is 133 Å². The Labute approximate surface area is 233 Å². The van der Waals surface area contributed by atoms with Crippen LogP contribution in [0, 0.1) is 0 Å². The Hall–Kier alpha value is -4.14. The number of primary sulfonamides is 1. The molecule has 0 radical (unpaired) electrons. The van der Waals surface area contributed by atoms with Gasteiger partial charge in [0, 0.05) is 38.3 Å². The molecule has 214 valence electrons. The van der Waals surface area contributed by atoms with E-state index in [0.29, 0.717) is 24.7 Å². The Morgan fingerprint density at radius 2 is 1.56 bits per heavy atom. The van der Waals surface area contributed by atoms with Crippen molar-refractivity contribution in [2.75, 3.05) is 44.2 Å². The molecule has 0 unspecified atom stereocenters. The number of hydrogen-bond donors (Lipinski definition) is 3. The van der Waals surface area contributed by atoms with Gasteiger partial charge in [-0.1, -0.05) is 12.1 Å². The second-order valence-electron chi connectivity index (χ2n) is 9.74. The third-order valence-corrected chi connectivity index (χ3v) is 8.00. The predicted octanol–water partition coefficient (Wildman–Crippen LogP) is 3.97. The minimum absolute atomic E-state index is 0.0371. The van der Waals surface area contributed by atoms with Gasteiger partial charge in [-0.3, -0.25) is 4.90 Å². The van der Waals surface area contributed by atoms with E-state index in [2.05, 4.69) is 24.8 Å². The number of anilines is 1. The summed E-state index contributed by atoms with van der Waals surface area (Å²) < 4.78 is 68.1. The van der Waals surface area contributed by atoms with E-state index in [-0.39, 0.29) is 15.9 Å². The summed E-state index contributed by atoms with van der Waals surface area (Å²) in [6.45, 7) is 4.00. The highest BCUT2D eigenvalue weighted by atomic mass is 32.2. The first-order valence-electron chi connectivity index (χ1n) is 12.8. The molecular formula is C27H26F3N7O3S. The number of H-pyrrole nitrogens is 2. The molecule has 1 saturated heterocycles. The fourth-order valence-electron chi connectivity index (χ4n) is 4.97. The third kappa shape index (κ3) is 5.58. The molecule has 0 amide bonds. The van der Waals surface area contributed by atoms with Crippen molar-refractivity contribution in [1.82, 2.24) is 24.8 Å². The van der Waals surface area contributed by atoms with Gasteiger partial charge in [-0.15, -0.1) is 0 Å². The highest BCUT2D eigenvalue weighted by Gasteiger charge is 2.35. The minimum Gasteiger partial charge on any atom is -0.490 e. The Balaban J connectivity index is 1.09. The van der Waals surface area contributed by atoms with Crippen molar-refractivity contribution in [3.8, 4) is 17.1 Å². The molecule has 41 heavy (non-hydrogen) atoms. The second-order valence-corrected chi connectivity index (χ2v) is 11.3. The van der Waals surface area contributed by atoms with Crippen LogP contribution in [0.4, 0.5) is 18.9 Å². The number of hydrogen-bond acceptors (Lipinski definition) is 7. The van der Waals surface area contributed by atoms with Crippen LogP contribution in [0.1, 0.15) is 5.82 Å². The molecule has 0 bridgehead atoms. The zero-order valence-corrected chi connectivity index (χ0v) is 22.5. The number of piperazine rings is 1. The van der Waals surface area contributed by atoms with Gasteiger partial charge >= 0.3 is 6.18 Å². The minimum atomic E-state index is -4.56. The smallest absolute Gasteiger partial charge is 0.449 e. The quantitative estimate of drug-likeness (QED) is 0.263. The van der Waals surface area contributed by atoms with E-state index in [9.17, 15) is 21.6 Å². The van der Waals surface area contributed by atoms with E-state index in [0.717, 1.165) is 48.5 Å². The van der Waals surface area contributed by atoms with E-state index < -0.39 is 22.0 Å². The normalized spacial score (nSPS) is 15.2. The predicted molar refractivity (Wildman–Crippen MR) is 148 cm³/mol. The number of nitrogens with zero attached hydrogens (tertiary/aromatic N) is 4. The Bertz CT molecular complexity index is 1810. The average Bonchev–Trinajstić information content (AvgIpc) is 3.59. The second kappa shape index (κ2) is 10.4. The molecule has 10 nitrogen and oxygen atoms in total. The van der Waals surface area contributed by atoms with Gasteiger partial charge in [-0.05, 0) is 48.5 Å². The van der Waals surface area contributed by atoms with Gasteiger partial charge in [0.25, 0.3) is 0 Å². The third-order valence-electron chi connectivity index (χ3n) is 7.07. The number of ether oxygens (including phenoxy) is 1. The molecule has 14 heteroatoms. The zero-order valence-electron chi connectivity index (χ0n) is 21.6. The summed E-state index contributed by atoms with van der Waals surface area (Å²) in [6.07, 6.45) is -4.56. The number of benzene rings is 3. The van der Waals surface area contributed by atoms with Crippen LogP contribution in [0.15, 0.2) is 65.6 Å². The summed E-state index contributed by atoms with van der Waals surface area (Å²) >= 11 is 0. The van der Waals surface area contributed by atoms with Crippen molar-refractivity contribution < 1.29 is 26.3 Å². The lowest BCUT2D eigenvalue weighted by Crippen LogP contribution is -2.47. The van der Waals surface area contributed by atoms with Crippen LogP contribution in [0.3, 0.4) is 0 Å². The number of imidazole rings is 2. The first-order chi connectivity index (χ1) is 19.6. The van der Waals surface area contributed by atoms with Crippen LogP contribution < -0.4 is 14.8 Å². The summed E-state index contributed by atoms with van der Waals surface area (Å²) in [5, 5.41) is 5.20. The number of nitrogens with two attached hydrogens (primary N) is 1. The largest absolute Gasteiger partial charge is 0.490 e. The van der Waals surface area contributed by atoms with E-state index in [1.807, 2.05) is 18.2 Å². The highest BCUT2D eigenvalue weighted by molar-refractivity contribution is 7.89. The molecule has 6 rings (SSSR count). The molecule has 4 N–H and O–H groups in total. The van der Waals surface area contributed by atoms with E-state index >= 15 is 0 Å². The monoisotopic (exact) mass is 585 g/mol. The summed E-state index contributed by atoms with van der Waals surface area (Å²) in [7, 11) is -3.78. The van der Waals surface area contributed by atoms with Crippen LogP contribution in [0.5, 0.6) is 5.75 Å². The van der Waals surface area contributed by atoms with Crippen LogP contribution in [-0.2, 0) is 16.2 Å². The number of sulfonamides is 1. The van der Waals surface area contributed by atoms with Crippen molar-refractivity contribution in [3.05, 3.63) is 66.5 Å². The lowest BCUT2D eigenvalue weighted by molar-refractivity contribution is -0.144. The summed E-state index contributed by atoms with van der Waals surface area (Å²) in [5.74, 6) is -0.106. The Kier molecular flexibility index (Phi) is 6.83. The standard InChI is InChI=1S/C27H26F3N7O3S/c28-27(29,30)26-33-20-4-2-6-22(24(20)35-26)40-16-15-36-11-13-37(14-12-36)21-5-1-3-19-23(21)34-25(32-19)17-7-9-18(10-8-17)41(31,38)39/h1-10H,11-16H2,(H,32,34)(H,33,35)(H2,31,38,39). The SMILES string of the molecule is NS(=O)(=O)c1ccc(-c2nc3c(N4CCN(CCOc5cccc6[nH]c(C(F)(F)F)nc56)CC4)cccc3[nH]2)cc1. The molecule has 2 aromatic heterocycles. The van der Waals surface area contributed by atoms with E-state index in [1.54, 1.807) is 24.3 Å². The van der Waals surface area contributed by atoms with Crippen LogP contribution in [-0.4, -0.2) is 72.6 Å². The highest BCUT2D eigenvalue weighted by Crippen LogP contribution is 2.32. The van der Waals surface area contributed by atoms with Crippen molar-refractivity contribution in [1.29, 1.82) is 0 Å². The van der Waals surface area contributed by atoms with Crippen molar-refractivity contribution in [2.24, 2.45) is 5.14 Å². The molecule has 1 fully saturated rings. The van der Waals surface area contributed by atoms with E-state index in [1.165, 1.54) is 18.2 Å². The first kappa shape index (κ1) is 27.1. The van der Waals surface area contributed by atoms with Gasteiger partial charge in [0.05, 0.1) is 21.6 Å². The molecule has 0 saturated carbocycles. The maximum absolute atomic E-state index is 13.0. The van der Waals surface area contributed by atoms with Crippen molar-refractivity contribution >= 4 is 37.8 Å². The maximum Gasteiger partial charge on any atom is 0.449 e. The van der Waals surface area contributed by atoms with Gasteiger partial charge in [-0.2, -0.15) is 13.2 Å². The van der Waals surface area contributed by atoms with Gasteiger partial charge in [0.1, 0.15) is 29.2 Å². The Morgan fingerprint density at radius 1 is 0.878 bits per heavy atom. The molecule has 0 aliphatic carbocycles. The van der Waals surface area contributed by atoms with Crippen molar-refractivity contribution in [2.45, 2.75) is 11.1 Å². The molecular weight excluding hydrogens is 559 g/mol. The van der Waals surface area contributed by atoms with Gasteiger partial charge in [0.15, 0.2) is 0 Å². The molecule has 0 spiro atoms. The number of halogens is 3. The number of para-hydroxylation sites is 2. The molecule has 1 aliphatic rings. The maximum atomic E-state index is 13.0. The fraction of sp³-hybridized carbons (Fsp3) is 0.259. The molecule has 3 aromatic carbocycles. The number of nitrogens with one attached hydrogen (secondary N) is 2. The van der Waals surface area contributed by atoms with Crippen molar-refractivity contribution in [3.63, 3.8) is 0 Å². The zero-order chi connectivity index (χ0) is 28.8. The average molecular weight is 586 g/mol. The van der Waals surface area contributed by atoms with Crippen LogP contribution >= 0.6 is 0 Å². The lowest BCUT2D eigenvalue weighted by Gasteiger charge is -2.36. The number of aromatic nitrogens is 4. The molecule has 3 heterocycles. The van der Waals surface area contributed by atoms with Crippen LogP contribution in [0.2, 0.25) is 0 Å².